The van der Waals surface area contributed by atoms with Crippen LogP contribution in [-0.2, 0) is 9.53 Å². The Hall–Kier alpha value is -3.60. The highest BCUT2D eigenvalue weighted by molar-refractivity contribution is 5.97. The molecular weight excluding hydrogens is 394 g/mol. The van der Waals surface area contributed by atoms with E-state index in [9.17, 15) is 9.59 Å². The quantitative estimate of drug-likeness (QED) is 0.498. The van der Waals surface area contributed by atoms with Gasteiger partial charge in [0.15, 0.2) is 0 Å². The number of anilines is 2. The lowest BCUT2D eigenvalue weighted by molar-refractivity contribution is -0.145. The van der Waals surface area contributed by atoms with Crippen molar-refractivity contribution in [2.24, 2.45) is 0 Å². The van der Waals surface area contributed by atoms with Gasteiger partial charge >= 0.3 is 5.97 Å². The molecule has 1 saturated heterocycles. The molecule has 1 aromatic carbocycles. The van der Waals surface area contributed by atoms with Crippen molar-refractivity contribution in [3.63, 3.8) is 0 Å². The summed E-state index contributed by atoms with van der Waals surface area (Å²) in [5.41, 5.74) is 1.52. The molecule has 162 valence electrons. The summed E-state index contributed by atoms with van der Waals surface area (Å²) < 4.78 is 4.97. The Morgan fingerprint density at radius 3 is 2.52 bits per heavy atom. The third-order valence-electron chi connectivity index (χ3n) is 5.09. The Morgan fingerprint density at radius 1 is 1.23 bits per heavy atom. The highest BCUT2D eigenvalue weighted by atomic mass is 16.5. The second kappa shape index (κ2) is 11.0. The average molecular weight is 422 g/mol. The molecule has 2 aromatic rings. The van der Waals surface area contributed by atoms with Crippen LogP contribution in [-0.4, -0.2) is 53.6 Å². The van der Waals surface area contributed by atoms with E-state index in [1.165, 1.54) is 0 Å². The maximum atomic E-state index is 12.5. The smallest absolute Gasteiger partial charge is 0.329 e. The van der Waals surface area contributed by atoms with Gasteiger partial charge in [0.1, 0.15) is 6.04 Å². The third kappa shape index (κ3) is 6.19. The number of rotatable bonds is 8. The van der Waals surface area contributed by atoms with Crippen LogP contribution in [0.3, 0.4) is 0 Å². The molecule has 1 amide bonds. The summed E-state index contributed by atoms with van der Waals surface area (Å²) in [6.07, 6.45) is 10.8. The average Bonchev–Trinajstić information content (AvgIpc) is 2.80. The molecule has 1 atom stereocenters. The van der Waals surface area contributed by atoms with Gasteiger partial charge in [-0.3, -0.25) is 4.79 Å². The number of nitrogens with zero attached hydrogens (tertiary/aromatic N) is 3. The Bertz CT molecular complexity index is 903. The SMILES string of the molecule is C#CC[C@H](NC(=O)c1ccc(N2CCC(Nc3ncccn3)CC2)cc1)C(=O)OCC. The molecule has 0 saturated carbocycles. The number of piperidine rings is 1. The zero-order valence-electron chi connectivity index (χ0n) is 17.6. The zero-order chi connectivity index (χ0) is 22.1. The number of esters is 1. The van der Waals surface area contributed by atoms with E-state index in [0.717, 1.165) is 31.6 Å². The van der Waals surface area contributed by atoms with E-state index in [-0.39, 0.29) is 18.9 Å². The molecule has 0 unspecified atom stereocenters. The Balaban J connectivity index is 1.53. The Morgan fingerprint density at radius 2 is 1.90 bits per heavy atom. The summed E-state index contributed by atoms with van der Waals surface area (Å²) in [5.74, 6) is 2.17. The fourth-order valence-electron chi connectivity index (χ4n) is 3.46. The number of hydrogen-bond acceptors (Lipinski definition) is 7. The maximum absolute atomic E-state index is 12.5. The molecule has 1 aromatic heterocycles. The molecule has 1 fully saturated rings. The van der Waals surface area contributed by atoms with Crippen LogP contribution in [0.15, 0.2) is 42.7 Å². The number of carbonyl (C=O) groups is 2. The maximum Gasteiger partial charge on any atom is 0.329 e. The Labute approximate surface area is 182 Å². The summed E-state index contributed by atoms with van der Waals surface area (Å²) in [6, 6.07) is 8.63. The number of carbonyl (C=O) groups excluding carboxylic acids is 2. The summed E-state index contributed by atoms with van der Waals surface area (Å²) in [4.78, 5) is 35.2. The monoisotopic (exact) mass is 421 g/mol. The number of nitrogens with one attached hydrogen (secondary N) is 2. The molecule has 1 aliphatic rings. The fraction of sp³-hybridized carbons (Fsp3) is 0.391. The molecule has 31 heavy (non-hydrogen) atoms. The lowest BCUT2D eigenvalue weighted by atomic mass is 10.0. The second-order valence-electron chi connectivity index (χ2n) is 7.21. The van der Waals surface area contributed by atoms with Crippen molar-refractivity contribution in [3.8, 4) is 12.3 Å². The molecule has 2 heterocycles. The van der Waals surface area contributed by atoms with Gasteiger partial charge in [0, 0.05) is 49.2 Å². The van der Waals surface area contributed by atoms with Gasteiger partial charge in [-0.15, -0.1) is 12.3 Å². The lowest BCUT2D eigenvalue weighted by Gasteiger charge is -2.34. The molecule has 8 heteroatoms. The summed E-state index contributed by atoms with van der Waals surface area (Å²) in [7, 11) is 0. The summed E-state index contributed by atoms with van der Waals surface area (Å²) in [6.45, 7) is 3.72. The molecule has 1 aliphatic heterocycles. The number of aromatic nitrogens is 2. The van der Waals surface area contributed by atoms with Gasteiger partial charge in [0.2, 0.25) is 5.95 Å². The minimum Gasteiger partial charge on any atom is -0.464 e. The number of benzene rings is 1. The first-order valence-corrected chi connectivity index (χ1v) is 10.4. The molecular formula is C23H27N5O3. The largest absolute Gasteiger partial charge is 0.464 e. The molecule has 8 nitrogen and oxygen atoms in total. The number of ether oxygens (including phenoxy) is 1. The number of terminal acetylenes is 1. The van der Waals surface area contributed by atoms with E-state index in [4.69, 9.17) is 11.2 Å². The van der Waals surface area contributed by atoms with E-state index >= 15 is 0 Å². The van der Waals surface area contributed by atoms with Crippen molar-refractivity contribution in [2.75, 3.05) is 29.9 Å². The molecule has 3 rings (SSSR count). The highest BCUT2D eigenvalue weighted by Crippen LogP contribution is 2.22. The van der Waals surface area contributed by atoms with Gasteiger partial charge in [-0.2, -0.15) is 0 Å². The van der Waals surface area contributed by atoms with Gasteiger partial charge in [0.05, 0.1) is 6.61 Å². The van der Waals surface area contributed by atoms with Crippen LogP contribution in [0.5, 0.6) is 0 Å². The van der Waals surface area contributed by atoms with Gasteiger partial charge in [-0.25, -0.2) is 14.8 Å². The van der Waals surface area contributed by atoms with Gasteiger partial charge in [-0.05, 0) is 50.1 Å². The van der Waals surface area contributed by atoms with Crippen LogP contribution in [0.2, 0.25) is 0 Å². The third-order valence-corrected chi connectivity index (χ3v) is 5.09. The summed E-state index contributed by atoms with van der Waals surface area (Å²) in [5, 5.41) is 6.03. The lowest BCUT2D eigenvalue weighted by Crippen LogP contribution is -2.41. The van der Waals surface area contributed by atoms with Crippen molar-refractivity contribution in [3.05, 3.63) is 48.3 Å². The minimum atomic E-state index is -0.850. The van der Waals surface area contributed by atoms with E-state index in [2.05, 4.69) is 31.4 Å². The van der Waals surface area contributed by atoms with Crippen molar-refractivity contribution in [1.29, 1.82) is 0 Å². The van der Waals surface area contributed by atoms with Crippen LogP contribution < -0.4 is 15.5 Å². The van der Waals surface area contributed by atoms with Crippen molar-refractivity contribution in [2.45, 2.75) is 38.3 Å². The van der Waals surface area contributed by atoms with Crippen molar-refractivity contribution >= 4 is 23.5 Å². The first kappa shape index (κ1) is 22.1. The predicted molar refractivity (Wildman–Crippen MR) is 119 cm³/mol. The van der Waals surface area contributed by atoms with Crippen LogP contribution in [0.4, 0.5) is 11.6 Å². The predicted octanol–water partition coefficient (Wildman–Crippen LogP) is 2.24. The van der Waals surface area contributed by atoms with Crippen LogP contribution in [0.1, 0.15) is 36.5 Å². The molecule has 0 bridgehead atoms. The number of hydrogen-bond donors (Lipinski definition) is 2. The highest BCUT2D eigenvalue weighted by Gasteiger charge is 2.23. The van der Waals surface area contributed by atoms with E-state index < -0.39 is 12.0 Å². The fourth-order valence-corrected chi connectivity index (χ4v) is 3.46. The molecule has 0 aliphatic carbocycles. The van der Waals surface area contributed by atoms with E-state index in [1.54, 1.807) is 37.5 Å². The van der Waals surface area contributed by atoms with Gasteiger partial charge < -0.3 is 20.3 Å². The minimum absolute atomic E-state index is 0.0830. The first-order valence-electron chi connectivity index (χ1n) is 10.4. The topological polar surface area (TPSA) is 96.5 Å². The summed E-state index contributed by atoms with van der Waals surface area (Å²) >= 11 is 0. The molecule has 0 radical (unpaired) electrons. The molecule has 0 spiro atoms. The van der Waals surface area contributed by atoms with Gasteiger partial charge in [0.25, 0.3) is 5.91 Å². The zero-order valence-corrected chi connectivity index (χ0v) is 17.6. The van der Waals surface area contributed by atoms with Gasteiger partial charge in [-0.1, -0.05) is 0 Å². The number of amides is 1. The van der Waals surface area contributed by atoms with E-state index in [1.807, 2.05) is 12.1 Å². The Kier molecular flexibility index (Phi) is 7.82. The molecule has 2 N–H and O–H groups in total. The standard InChI is InChI=1S/C23H27N5O3/c1-3-6-20(22(30)31-4-2)27-21(29)17-7-9-19(10-8-17)28-15-11-18(12-16-28)26-23-24-13-5-14-25-23/h1,5,7-10,13-14,18,20H,4,6,11-12,15-16H2,2H3,(H,27,29)(H,24,25,26)/t20-/m0/s1. The van der Waals surface area contributed by atoms with Crippen LogP contribution in [0, 0.1) is 12.3 Å². The van der Waals surface area contributed by atoms with Crippen molar-refractivity contribution in [1.82, 2.24) is 15.3 Å². The van der Waals surface area contributed by atoms with Crippen LogP contribution in [0.25, 0.3) is 0 Å². The van der Waals surface area contributed by atoms with E-state index in [0.29, 0.717) is 17.6 Å². The van der Waals surface area contributed by atoms with Crippen molar-refractivity contribution < 1.29 is 14.3 Å². The first-order chi connectivity index (χ1) is 15.1. The van der Waals surface area contributed by atoms with Crippen LogP contribution >= 0.6 is 0 Å². The second-order valence-corrected chi connectivity index (χ2v) is 7.21. The normalized spacial score (nSPS) is 14.9.